The van der Waals surface area contributed by atoms with Crippen LogP contribution in [0.4, 0.5) is 5.69 Å². The van der Waals surface area contributed by atoms with E-state index in [1.54, 1.807) is 7.11 Å². The van der Waals surface area contributed by atoms with Crippen LogP contribution >= 0.6 is 11.6 Å². The largest absolute Gasteiger partial charge is 0.494 e. The van der Waals surface area contributed by atoms with Gasteiger partial charge in [0, 0.05) is 17.6 Å². The highest BCUT2D eigenvalue weighted by atomic mass is 35.5. The molecule has 1 aromatic heterocycles. The van der Waals surface area contributed by atoms with Crippen LogP contribution in [0, 0.1) is 6.92 Å². The first-order valence-electron chi connectivity index (χ1n) is 7.03. The molecule has 0 aliphatic carbocycles. The molecule has 0 spiro atoms. The minimum absolute atomic E-state index is 0.710. The molecule has 0 amide bonds. The van der Waals surface area contributed by atoms with Gasteiger partial charge < -0.3 is 10.1 Å². The second kappa shape index (κ2) is 6.31. The number of halogens is 1. The Balaban J connectivity index is 2.81. The lowest BCUT2D eigenvalue weighted by Crippen LogP contribution is -2.07. The number of ether oxygens (including phenoxy) is 1. The van der Waals surface area contributed by atoms with E-state index in [1.165, 1.54) is 5.56 Å². The summed E-state index contributed by atoms with van der Waals surface area (Å²) in [6.07, 6.45) is 1.99. The Bertz CT molecular complexity index is 626. The van der Waals surface area contributed by atoms with Crippen molar-refractivity contribution in [3.8, 4) is 5.75 Å². The van der Waals surface area contributed by atoms with Crippen LogP contribution < -0.4 is 10.1 Å². The van der Waals surface area contributed by atoms with E-state index in [1.807, 2.05) is 19.1 Å². The zero-order valence-electron chi connectivity index (χ0n) is 12.5. The van der Waals surface area contributed by atoms with E-state index >= 15 is 0 Å². The first-order chi connectivity index (χ1) is 9.63. The fourth-order valence-corrected chi connectivity index (χ4v) is 2.75. The number of fused-ring (bicyclic) bond motifs is 1. The van der Waals surface area contributed by atoms with E-state index < -0.39 is 0 Å². The van der Waals surface area contributed by atoms with Crippen LogP contribution in [0.1, 0.15) is 31.5 Å². The second-order valence-electron chi connectivity index (χ2n) is 4.80. The number of aromatic nitrogens is 1. The summed E-state index contributed by atoms with van der Waals surface area (Å²) in [4.78, 5) is 4.70. The molecule has 0 saturated carbocycles. The molecule has 0 bridgehead atoms. The molecule has 4 heteroatoms. The highest BCUT2D eigenvalue weighted by Crippen LogP contribution is 2.38. The summed E-state index contributed by atoms with van der Waals surface area (Å²) in [7, 11) is 1.66. The number of rotatable bonds is 5. The third-order valence-electron chi connectivity index (χ3n) is 3.48. The zero-order valence-corrected chi connectivity index (χ0v) is 13.3. The Morgan fingerprint density at radius 3 is 2.65 bits per heavy atom. The van der Waals surface area contributed by atoms with Gasteiger partial charge in [0.15, 0.2) is 0 Å². The molecular weight excluding hydrogens is 272 g/mol. The zero-order chi connectivity index (χ0) is 14.7. The molecule has 0 aliphatic heterocycles. The van der Waals surface area contributed by atoms with Gasteiger partial charge in [-0.25, -0.2) is 4.98 Å². The molecule has 0 saturated heterocycles. The SMILES string of the molecule is CCCNc1c(CC)c(C)nc2c(OC)ccc(Cl)c12. The molecule has 0 aliphatic rings. The van der Waals surface area contributed by atoms with Crippen molar-refractivity contribution in [1.29, 1.82) is 0 Å². The third-order valence-corrected chi connectivity index (χ3v) is 3.80. The fourth-order valence-electron chi connectivity index (χ4n) is 2.51. The van der Waals surface area contributed by atoms with E-state index in [-0.39, 0.29) is 0 Å². The summed E-state index contributed by atoms with van der Waals surface area (Å²) < 4.78 is 5.42. The first-order valence-corrected chi connectivity index (χ1v) is 7.41. The van der Waals surface area contributed by atoms with E-state index in [0.717, 1.165) is 47.4 Å². The molecule has 3 nitrogen and oxygen atoms in total. The average Bonchev–Trinajstić information content (AvgIpc) is 2.44. The number of hydrogen-bond acceptors (Lipinski definition) is 3. The molecule has 2 rings (SSSR count). The quantitative estimate of drug-likeness (QED) is 0.875. The molecule has 108 valence electrons. The third kappa shape index (κ3) is 2.55. The molecule has 0 fully saturated rings. The lowest BCUT2D eigenvalue weighted by Gasteiger charge is -2.18. The molecule has 0 atom stereocenters. The Hall–Kier alpha value is -1.48. The van der Waals surface area contributed by atoms with Crippen molar-refractivity contribution in [3.63, 3.8) is 0 Å². The number of hydrogen-bond donors (Lipinski definition) is 1. The van der Waals surface area contributed by atoms with E-state index in [9.17, 15) is 0 Å². The maximum absolute atomic E-state index is 6.42. The van der Waals surface area contributed by atoms with Crippen LogP contribution in [0.15, 0.2) is 12.1 Å². The molecule has 0 unspecified atom stereocenters. The van der Waals surface area contributed by atoms with Crippen LogP contribution in [0.25, 0.3) is 10.9 Å². The maximum atomic E-state index is 6.42. The van der Waals surface area contributed by atoms with Gasteiger partial charge in [0.05, 0.1) is 17.8 Å². The topological polar surface area (TPSA) is 34.2 Å². The van der Waals surface area contributed by atoms with Gasteiger partial charge in [0.2, 0.25) is 0 Å². The van der Waals surface area contributed by atoms with Crippen molar-refractivity contribution in [2.24, 2.45) is 0 Å². The van der Waals surface area contributed by atoms with E-state index in [4.69, 9.17) is 21.3 Å². The molecular formula is C16H21ClN2O. The van der Waals surface area contributed by atoms with Crippen LogP contribution in [-0.4, -0.2) is 18.6 Å². The van der Waals surface area contributed by atoms with Crippen molar-refractivity contribution in [2.45, 2.75) is 33.6 Å². The van der Waals surface area contributed by atoms with E-state index in [0.29, 0.717) is 5.02 Å². The normalized spacial score (nSPS) is 10.8. The molecule has 1 aromatic carbocycles. The smallest absolute Gasteiger partial charge is 0.145 e. The highest BCUT2D eigenvalue weighted by molar-refractivity contribution is 6.36. The predicted molar refractivity (Wildman–Crippen MR) is 86.2 cm³/mol. The molecule has 0 radical (unpaired) electrons. The van der Waals surface area contributed by atoms with Gasteiger partial charge in [-0.1, -0.05) is 25.4 Å². The number of anilines is 1. The molecule has 20 heavy (non-hydrogen) atoms. The summed E-state index contributed by atoms with van der Waals surface area (Å²) in [5.41, 5.74) is 4.18. The number of aryl methyl sites for hydroxylation is 1. The number of benzene rings is 1. The van der Waals surface area contributed by atoms with Gasteiger partial charge in [-0.15, -0.1) is 0 Å². The van der Waals surface area contributed by atoms with Gasteiger partial charge in [0.1, 0.15) is 11.3 Å². The molecule has 2 aromatic rings. The van der Waals surface area contributed by atoms with Gasteiger partial charge in [-0.3, -0.25) is 0 Å². The number of pyridine rings is 1. The van der Waals surface area contributed by atoms with Gasteiger partial charge in [-0.2, -0.15) is 0 Å². The van der Waals surface area contributed by atoms with Crippen molar-refractivity contribution in [1.82, 2.24) is 4.98 Å². The summed E-state index contributed by atoms with van der Waals surface area (Å²) in [6.45, 7) is 7.24. The highest BCUT2D eigenvalue weighted by Gasteiger charge is 2.16. The molecule has 1 heterocycles. The monoisotopic (exact) mass is 292 g/mol. The lowest BCUT2D eigenvalue weighted by atomic mass is 10.0. The van der Waals surface area contributed by atoms with Crippen molar-refractivity contribution < 1.29 is 4.74 Å². The Kier molecular flexibility index (Phi) is 4.71. The predicted octanol–water partition coefficient (Wildman–Crippen LogP) is 4.59. The first kappa shape index (κ1) is 14.9. The number of nitrogens with zero attached hydrogens (tertiary/aromatic N) is 1. The number of methoxy groups -OCH3 is 1. The van der Waals surface area contributed by atoms with Crippen LogP contribution in [0.3, 0.4) is 0 Å². The Morgan fingerprint density at radius 1 is 1.30 bits per heavy atom. The summed E-state index contributed by atoms with van der Waals surface area (Å²) >= 11 is 6.42. The minimum Gasteiger partial charge on any atom is -0.494 e. The van der Waals surface area contributed by atoms with Crippen molar-refractivity contribution in [2.75, 3.05) is 19.0 Å². The van der Waals surface area contributed by atoms with Crippen molar-refractivity contribution >= 4 is 28.2 Å². The lowest BCUT2D eigenvalue weighted by molar-refractivity contribution is 0.419. The average molecular weight is 293 g/mol. The summed E-state index contributed by atoms with van der Waals surface area (Å²) in [6, 6.07) is 3.74. The summed E-state index contributed by atoms with van der Waals surface area (Å²) in [5.74, 6) is 0.759. The van der Waals surface area contributed by atoms with E-state index in [2.05, 4.69) is 19.2 Å². The standard InChI is InChI=1S/C16H21ClN2O/c1-5-9-18-15-11(6-2)10(3)19-16-13(20-4)8-7-12(17)14(15)16/h7-8H,5-6,9H2,1-4H3,(H,18,19). The minimum atomic E-state index is 0.710. The maximum Gasteiger partial charge on any atom is 0.145 e. The van der Waals surface area contributed by atoms with Crippen LogP contribution in [0.5, 0.6) is 5.75 Å². The van der Waals surface area contributed by atoms with Crippen molar-refractivity contribution in [3.05, 3.63) is 28.4 Å². The van der Waals surface area contributed by atoms with Gasteiger partial charge in [0.25, 0.3) is 0 Å². The van der Waals surface area contributed by atoms with Crippen LogP contribution in [0.2, 0.25) is 5.02 Å². The van der Waals surface area contributed by atoms with Gasteiger partial charge in [-0.05, 0) is 37.5 Å². The second-order valence-corrected chi connectivity index (χ2v) is 5.21. The Morgan fingerprint density at radius 2 is 2.05 bits per heavy atom. The van der Waals surface area contributed by atoms with Crippen LogP contribution in [-0.2, 0) is 6.42 Å². The molecule has 1 N–H and O–H groups in total. The fraction of sp³-hybridized carbons (Fsp3) is 0.438. The summed E-state index contributed by atoms with van der Waals surface area (Å²) in [5, 5.41) is 5.18. The number of nitrogens with one attached hydrogen (secondary N) is 1. The Labute approximate surface area is 125 Å². The van der Waals surface area contributed by atoms with Gasteiger partial charge >= 0.3 is 0 Å².